The van der Waals surface area contributed by atoms with Crippen LogP contribution in [0.1, 0.15) is 0 Å². The zero-order valence-electron chi connectivity index (χ0n) is 7.40. The number of carboxylic acids is 1. The molecule has 5 atom stereocenters. The minimum absolute atomic E-state index is 1.19. The molecule has 0 aliphatic carbocycles. The molecule has 0 aromatic heterocycles. The summed E-state index contributed by atoms with van der Waals surface area (Å²) in [7, 11) is 1.19. The third-order valence-electron chi connectivity index (χ3n) is 2.05. The third-order valence-corrected chi connectivity index (χ3v) is 2.05. The van der Waals surface area contributed by atoms with Gasteiger partial charge in [-0.25, -0.2) is 4.79 Å². The number of methoxy groups -OCH3 is 1. The summed E-state index contributed by atoms with van der Waals surface area (Å²) >= 11 is 0. The molecule has 1 aliphatic heterocycles. The highest BCUT2D eigenvalue weighted by molar-refractivity contribution is 5.73. The number of aliphatic hydroxyl groups excluding tert-OH is 3. The van der Waals surface area contributed by atoms with Crippen LogP contribution < -0.4 is 0 Å². The molecular weight excluding hydrogens is 196 g/mol. The summed E-state index contributed by atoms with van der Waals surface area (Å²) < 4.78 is 9.31. The van der Waals surface area contributed by atoms with E-state index in [2.05, 4.69) is 4.74 Å². The lowest BCUT2D eigenvalue weighted by atomic mass is 9.99. The fourth-order valence-electron chi connectivity index (χ4n) is 1.25. The molecule has 0 radical (unpaired) electrons. The molecule has 0 aromatic rings. The van der Waals surface area contributed by atoms with E-state index in [-0.39, 0.29) is 0 Å². The maximum atomic E-state index is 10.5. The van der Waals surface area contributed by atoms with Gasteiger partial charge in [-0.2, -0.15) is 0 Å². The van der Waals surface area contributed by atoms with E-state index < -0.39 is 36.7 Å². The molecular formula is C7H12O7. The first-order valence-electron chi connectivity index (χ1n) is 3.94. The summed E-state index contributed by atoms with van der Waals surface area (Å²) in [5.41, 5.74) is 0. The molecule has 14 heavy (non-hydrogen) atoms. The van der Waals surface area contributed by atoms with Crippen LogP contribution in [0.3, 0.4) is 0 Å². The van der Waals surface area contributed by atoms with Gasteiger partial charge in [0, 0.05) is 7.11 Å². The third kappa shape index (κ3) is 1.86. The minimum Gasteiger partial charge on any atom is -0.479 e. The molecule has 0 amide bonds. The lowest BCUT2D eigenvalue weighted by molar-refractivity contribution is -0.287. The second-order valence-electron chi connectivity index (χ2n) is 2.97. The highest BCUT2D eigenvalue weighted by atomic mass is 16.7. The predicted octanol–water partition coefficient (Wildman–Crippen LogP) is -2.47. The van der Waals surface area contributed by atoms with Crippen LogP contribution in [0.25, 0.3) is 0 Å². The van der Waals surface area contributed by atoms with Gasteiger partial charge in [-0.1, -0.05) is 0 Å². The van der Waals surface area contributed by atoms with Gasteiger partial charge >= 0.3 is 5.97 Å². The number of aliphatic hydroxyl groups is 3. The number of hydrogen-bond donors (Lipinski definition) is 4. The van der Waals surface area contributed by atoms with Gasteiger partial charge in [0.1, 0.15) is 18.3 Å². The lowest BCUT2D eigenvalue weighted by Crippen LogP contribution is -2.60. The second-order valence-corrected chi connectivity index (χ2v) is 2.97. The second kappa shape index (κ2) is 4.20. The Morgan fingerprint density at radius 1 is 1.21 bits per heavy atom. The van der Waals surface area contributed by atoms with Crippen molar-refractivity contribution in [3.05, 3.63) is 0 Å². The number of hydrogen-bond acceptors (Lipinski definition) is 6. The van der Waals surface area contributed by atoms with E-state index in [4.69, 9.17) is 9.84 Å². The molecule has 0 bridgehead atoms. The highest BCUT2D eigenvalue weighted by Gasteiger charge is 2.46. The van der Waals surface area contributed by atoms with Gasteiger partial charge in [-0.15, -0.1) is 0 Å². The van der Waals surface area contributed by atoms with Crippen molar-refractivity contribution < 1.29 is 34.7 Å². The highest BCUT2D eigenvalue weighted by Crippen LogP contribution is 2.21. The SMILES string of the molecule is CO[C@@H]1O[C@@H](C(=O)O)[C@H](O)[C@@H](O)[C@H]1O. The smallest absolute Gasteiger partial charge is 0.335 e. The van der Waals surface area contributed by atoms with Crippen LogP contribution in [0.5, 0.6) is 0 Å². The van der Waals surface area contributed by atoms with Gasteiger partial charge < -0.3 is 29.9 Å². The Labute approximate surface area is 79.5 Å². The maximum Gasteiger partial charge on any atom is 0.335 e. The Hall–Kier alpha value is -0.730. The summed E-state index contributed by atoms with van der Waals surface area (Å²) in [5, 5.41) is 36.3. The van der Waals surface area contributed by atoms with Crippen LogP contribution in [-0.4, -0.2) is 64.2 Å². The topological polar surface area (TPSA) is 116 Å². The fourth-order valence-corrected chi connectivity index (χ4v) is 1.25. The Balaban J connectivity index is 2.78. The summed E-state index contributed by atoms with van der Waals surface area (Å²) in [4.78, 5) is 10.5. The first-order valence-corrected chi connectivity index (χ1v) is 3.94. The Morgan fingerprint density at radius 2 is 1.79 bits per heavy atom. The molecule has 1 saturated heterocycles. The zero-order valence-corrected chi connectivity index (χ0v) is 7.40. The van der Waals surface area contributed by atoms with E-state index in [1.807, 2.05) is 0 Å². The van der Waals surface area contributed by atoms with Crippen molar-refractivity contribution in [2.24, 2.45) is 0 Å². The molecule has 0 saturated carbocycles. The molecule has 1 rings (SSSR count). The molecule has 0 unspecified atom stereocenters. The summed E-state index contributed by atoms with van der Waals surface area (Å²) in [5.74, 6) is -1.43. The predicted molar refractivity (Wildman–Crippen MR) is 41.3 cm³/mol. The standard InChI is InChI=1S/C7H12O7/c1-13-7-4(10)2(8)3(9)5(14-7)6(11)12/h2-5,7-10H,1H3,(H,11,12)/t2-,3-,4-,5-,7-/m1/s1. The van der Waals surface area contributed by atoms with E-state index in [1.54, 1.807) is 0 Å². The number of rotatable bonds is 2. The van der Waals surface area contributed by atoms with Gasteiger partial charge in [-0.3, -0.25) is 0 Å². The molecule has 1 heterocycles. The first-order chi connectivity index (χ1) is 6.49. The lowest BCUT2D eigenvalue weighted by Gasteiger charge is -2.37. The quantitative estimate of drug-likeness (QED) is 0.397. The van der Waals surface area contributed by atoms with Crippen LogP contribution in [-0.2, 0) is 14.3 Å². The number of carbonyl (C=O) groups is 1. The Kier molecular flexibility index (Phi) is 3.40. The molecule has 82 valence electrons. The normalized spacial score (nSPS) is 43.6. The van der Waals surface area contributed by atoms with E-state index >= 15 is 0 Å². The van der Waals surface area contributed by atoms with Crippen molar-refractivity contribution in [1.82, 2.24) is 0 Å². The molecule has 0 spiro atoms. The maximum absolute atomic E-state index is 10.5. The molecule has 7 nitrogen and oxygen atoms in total. The number of ether oxygens (including phenoxy) is 2. The average Bonchev–Trinajstić information content (AvgIpc) is 2.14. The van der Waals surface area contributed by atoms with Crippen LogP contribution in [0, 0.1) is 0 Å². The van der Waals surface area contributed by atoms with Crippen LogP contribution in [0.2, 0.25) is 0 Å². The van der Waals surface area contributed by atoms with E-state index in [9.17, 15) is 20.1 Å². The Morgan fingerprint density at radius 3 is 2.21 bits per heavy atom. The van der Waals surface area contributed by atoms with Crippen molar-refractivity contribution in [3.63, 3.8) is 0 Å². The number of carboxylic acid groups (broad SMARTS) is 1. The molecule has 4 N–H and O–H groups in total. The van der Waals surface area contributed by atoms with E-state index in [1.165, 1.54) is 7.11 Å². The van der Waals surface area contributed by atoms with Gasteiger partial charge in [0.15, 0.2) is 12.4 Å². The van der Waals surface area contributed by atoms with Crippen molar-refractivity contribution >= 4 is 5.97 Å². The summed E-state index contributed by atoms with van der Waals surface area (Å²) in [6, 6.07) is 0. The number of aliphatic carboxylic acids is 1. The molecule has 1 aliphatic rings. The fraction of sp³-hybridized carbons (Fsp3) is 0.857. The summed E-state index contributed by atoms with van der Waals surface area (Å²) in [6.45, 7) is 0. The average molecular weight is 208 g/mol. The van der Waals surface area contributed by atoms with Crippen LogP contribution in [0.15, 0.2) is 0 Å². The van der Waals surface area contributed by atoms with Crippen molar-refractivity contribution in [1.29, 1.82) is 0 Å². The van der Waals surface area contributed by atoms with Gasteiger partial charge in [0.05, 0.1) is 0 Å². The van der Waals surface area contributed by atoms with Gasteiger partial charge in [-0.05, 0) is 0 Å². The van der Waals surface area contributed by atoms with Crippen molar-refractivity contribution in [3.8, 4) is 0 Å². The van der Waals surface area contributed by atoms with Gasteiger partial charge in [0.2, 0.25) is 0 Å². The molecule has 7 heteroatoms. The van der Waals surface area contributed by atoms with Crippen LogP contribution >= 0.6 is 0 Å². The monoisotopic (exact) mass is 208 g/mol. The molecule has 1 fully saturated rings. The van der Waals surface area contributed by atoms with Crippen molar-refractivity contribution in [2.75, 3.05) is 7.11 Å². The first kappa shape index (κ1) is 11.3. The zero-order chi connectivity index (χ0) is 10.9. The van der Waals surface area contributed by atoms with Crippen molar-refractivity contribution in [2.45, 2.75) is 30.7 Å². The Bertz CT molecular complexity index is 216. The largest absolute Gasteiger partial charge is 0.479 e. The summed E-state index contributed by atoms with van der Waals surface area (Å²) in [6.07, 6.45) is -7.60. The van der Waals surface area contributed by atoms with Crippen LogP contribution in [0.4, 0.5) is 0 Å². The minimum atomic E-state index is -1.67. The van der Waals surface area contributed by atoms with E-state index in [0.29, 0.717) is 0 Å². The van der Waals surface area contributed by atoms with E-state index in [0.717, 1.165) is 0 Å². The molecule has 0 aromatic carbocycles. The van der Waals surface area contributed by atoms with Gasteiger partial charge in [0.25, 0.3) is 0 Å².